The molecule has 2 aromatic rings. The highest BCUT2D eigenvalue weighted by molar-refractivity contribution is 7.90. The summed E-state index contributed by atoms with van der Waals surface area (Å²) in [5.74, 6) is -1.25. The SMILES string of the molecule is Cc1cc(C)cc(C(=O)OCC(=O)Nc2cc(S(C)(=O)=O)ccc2Cl)c1. The van der Waals surface area contributed by atoms with Crippen molar-refractivity contribution >= 4 is 39.0 Å². The molecule has 6 nitrogen and oxygen atoms in total. The van der Waals surface area contributed by atoms with Gasteiger partial charge in [0.2, 0.25) is 0 Å². The van der Waals surface area contributed by atoms with E-state index in [-0.39, 0.29) is 15.6 Å². The smallest absolute Gasteiger partial charge is 0.338 e. The summed E-state index contributed by atoms with van der Waals surface area (Å²) in [7, 11) is -3.44. The second-order valence-corrected chi connectivity index (χ2v) is 8.34. The van der Waals surface area contributed by atoms with Crippen molar-refractivity contribution in [1.82, 2.24) is 0 Å². The molecule has 0 unspecified atom stereocenters. The summed E-state index contributed by atoms with van der Waals surface area (Å²) < 4.78 is 28.2. The molecule has 8 heteroatoms. The van der Waals surface area contributed by atoms with Crippen molar-refractivity contribution in [3.8, 4) is 0 Å². The van der Waals surface area contributed by atoms with E-state index in [1.54, 1.807) is 12.1 Å². The molecular formula is C18H18ClNO5S. The molecule has 2 aromatic carbocycles. The van der Waals surface area contributed by atoms with E-state index < -0.39 is 28.3 Å². The number of rotatable bonds is 5. The van der Waals surface area contributed by atoms with Crippen LogP contribution < -0.4 is 5.32 Å². The minimum Gasteiger partial charge on any atom is -0.452 e. The summed E-state index contributed by atoms with van der Waals surface area (Å²) in [6.45, 7) is 3.19. The van der Waals surface area contributed by atoms with E-state index in [9.17, 15) is 18.0 Å². The fraction of sp³-hybridized carbons (Fsp3) is 0.222. The van der Waals surface area contributed by atoms with Crippen LogP contribution in [0.15, 0.2) is 41.3 Å². The van der Waals surface area contributed by atoms with Crippen LogP contribution in [0.3, 0.4) is 0 Å². The number of nitrogens with one attached hydrogen (secondary N) is 1. The minimum absolute atomic E-state index is 0.0180. The van der Waals surface area contributed by atoms with Crippen molar-refractivity contribution < 1.29 is 22.7 Å². The highest BCUT2D eigenvalue weighted by Crippen LogP contribution is 2.25. The first-order valence-corrected chi connectivity index (χ1v) is 9.88. The number of carbonyl (C=O) groups excluding carboxylic acids is 2. The number of ether oxygens (including phenoxy) is 1. The maximum atomic E-state index is 12.1. The van der Waals surface area contributed by atoms with Gasteiger partial charge >= 0.3 is 5.97 Å². The first-order valence-electron chi connectivity index (χ1n) is 7.61. The van der Waals surface area contributed by atoms with E-state index in [2.05, 4.69) is 5.32 Å². The van der Waals surface area contributed by atoms with Gasteiger partial charge < -0.3 is 10.1 Å². The van der Waals surface area contributed by atoms with E-state index in [0.29, 0.717) is 5.56 Å². The van der Waals surface area contributed by atoms with Crippen LogP contribution in [0.25, 0.3) is 0 Å². The molecular weight excluding hydrogens is 378 g/mol. The van der Waals surface area contributed by atoms with Crippen LogP contribution in [-0.4, -0.2) is 33.2 Å². The number of halogens is 1. The molecule has 0 radical (unpaired) electrons. The molecule has 26 heavy (non-hydrogen) atoms. The number of sulfone groups is 1. The lowest BCUT2D eigenvalue weighted by atomic mass is 10.1. The zero-order valence-corrected chi connectivity index (χ0v) is 16.1. The number of esters is 1. The Morgan fingerprint density at radius 1 is 1.08 bits per heavy atom. The van der Waals surface area contributed by atoms with Gasteiger partial charge in [0.25, 0.3) is 5.91 Å². The lowest BCUT2D eigenvalue weighted by Gasteiger charge is -2.10. The molecule has 0 fully saturated rings. The highest BCUT2D eigenvalue weighted by atomic mass is 35.5. The second-order valence-electron chi connectivity index (χ2n) is 5.91. The van der Waals surface area contributed by atoms with Gasteiger partial charge in [0.15, 0.2) is 16.4 Å². The van der Waals surface area contributed by atoms with Gasteiger partial charge in [-0.1, -0.05) is 28.8 Å². The number of carbonyl (C=O) groups is 2. The van der Waals surface area contributed by atoms with Crippen molar-refractivity contribution in [2.45, 2.75) is 18.7 Å². The van der Waals surface area contributed by atoms with Crippen LogP contribution in [0.4, 0.5) is 5.69 Å². The molecule has 2 rings (SSSR count). The van der Waals surface area contributed by atoms with E-state index >= 15 is 0 Å². The van der Waals surface area contributed by atoms with E-state index in [1.807, 2.05) is 19.9 Å². The predicted molar refractivity (Wildman–Crippen MR) is 99.4 cm³/mol. The molecule has 1 amide bonds. The molecule has 0 spiro atoms. The Morgan fingerprint density at radius 2 is 1.69 bits per heavy atom. The van der Waals surface area contributed by atoms with E-state index in [0.717, 1.165) is 17.4 Å². The first kappa shape index (κ1) is 19.9. The first-order chi connectivity index (χ1) is 12.1. The zero-order chi connectivity index (χ0) is 19.5. The van der Waals surface area contributed by atoms with Crippen LogP contribution in [0.5, 0.6) is 0 Å². The third-order valence-electron chi connectivity index (χ3n) is 3.43. The number of amides is 1. The molecule has 0 aliphatic rings. The molecule has 0 saturated heterocycles. The summed E-state index contributed by atoms with van der Waals surface area (Å²) in [5.41, 5.74) is 2.30. The maximum absolute atomic E-state index is 12.1. The van der Waals surface area contributed by atoms with Crippen molar-refractivity contribution in [3.05, 3.63) is 58.1 Å². The molecule has 0 aliphatic heterocycles. The Bertz CT molecular complexity index is 949. The Hall–Kier alpha value is -2.38. The average molecular weight is 396 g/mol. The van der Waals surface area contributed by atoms with Gasteiger partial charge in [-0.25, -0.2) is 13.2 Å². The number of aryl methyl sites for hydroxylation is 2. The van der Waals surface area contributed by atoms with Gasteiger partial charge in [0.1, 0.15) is 0 Å². The summed E-state index contributed by atoms with van der Waals surface area (Å²) in [5, 5.41) is 2.61. The van der Waals surface area contributed by atoms with Gasteiger partial charge in [0.05, 0.1) is 21.2 Å². The number of anilines is 1. The van der Waals surface area contributed by atoms with E-state index in [4.69, 9.17) is 16.3 Å². The molecule has 0 atom stereocenters. The molecule has 0 bridgehead atoms. The van der Waals surface area contributed by atoms with Crippen LogP contribution in [0.2, 0.25) is 5.02 Å². The Morgan fingerprint density at radius 3 is 2.27 bits per heavy atom. The van der Waals surface area contributed by atoms with Crippen LogP contribution in [-0.2, 0) is 19.4 Å². The fourth-order valence-electron chi connectivity index (χ4n) is 2.32. The fourth-order valence-corrected chi connectivity index (χ4v) is 3.14. The van der Waals surface area contributed by atoms with Crippen LogP contribution in [0, 0.1) is 13.8 Å². The highest BCUT2D eigenvalue weighted by Gasteiger charge is 2.14. The molecule has 138 valence electrons. The summed E-state index contributed by atoms with van der Waals surface area (Å²) in [6.07, 6.45) is 1.05. The van der Waals surface area contributed by atoms with Gasteiger partial charge in [-0.3, -0.25) is 4.79 Å². The van der Waals surface area contributed by atoms with Gasteiger partial charge in [-0.15, -0.1) is 0 Å². The predicted octanol–water partition coefficient (Wildman–Crippen LogP) is 3.16. The minimum atomic E-state index is -3.44. The second kappa shape index (κ2) is 7.88. The zero-order valence-electron chi connectivity index (χ0n) is 14.5. The standard InChI is InChI=1S/C18H18ClNO5S/c1-11-6-12(2)8-13(7-11)18(22)25-10-17(21)20-16-9-14(26(3,23)24)4-5-15(16)19/h4-9H,10H2,1-3H3,(H,20,21). The monoisotopic (exact) mass is 395 g/mol. The molecule has 0 aliphatic carbocycles. The lowest BCUT2D eigenvalue weighted by molar-refractivity contribution is -0.119. The van der Waals surface area contributed by atoms with E-state index in [1.165, 1.54) is 18.2 Å². The Balaban J connectivity index is 2.04. The summed E-state index contributed by atoms with van der Waals surface area (Å²) in [6, 6.07) is 9.21. The van der Waals surface area contributed by atoms with Crippen LogP contribution in [0.1, 0.15) is 21.5 Å². The topological polar surface area (TPSA) is 89.5 Å². The lowest BCUT2D eigenvalue weighted by Crippen LogP contribution is -2.21. The largest absolute Gasteiger partial charge is 0.452 e. The summed E-state index contributed by atoms with van der Waals surface area (Å²) >= 11 is 5.97. The van der Waals surface area contributed by atoms with Crippen LogP contribution >= 0.6 is 11.6 Å². The van der Waals surface area contributed by atoms with Crippen molar-refractivity contribution in [2.75, 3.05) is 18.2 Å². The number of hydrogen-bond acceptors (Lipinski definition) is 5. The number of benzene rings is 2. The van der Waals surface area contributed by atoms with Crippen molar-refractivity contribution in [3.63, 3.8) is 0 Å². The van der Waals surface area contributed by atoms with Crippen molar-refractivity contribution in [1.29, 1.82) is 0 Å². The third kappa shape index (κ3) is 5.31. The van der Waals surface area contributed by atoms with Gasteiger partial charge in [0, 0.05) is 6.26 Å². The van der Waals surface area contributed by atoms with Gasteiger partial charge in [-0.2, -0.15) is 0 Å². The van der Waals surface area contributed by atoms with Gasteiger partial charge in [-0.05, 0) is 44.2 Å². The Labute approximate surface area is 157 Å². The quantitative estimate of drug-likeness (QED) is 0.785. The maximum Gasteiger partial charge on any atom is 0.338 e. The third-order valence-corrected chi connectivity index (χ3v) is 4.87. The van der Waals surface area contributed by atoms with Crippen molar-refractivity contribution in [2.24, 2.45) is 0 Å². The Kier molecular flexibility index (Phi) is 6.05. The molecule has 1 N–H and O–H groups in total. The number of hydrogen-bond donors (Lipinski definition) is 1. The molecule has 0 heterocycles. The summed E-state index contributed by atoms with van der Waals surface area (Å²) in [4.78, 5) is 24.1. The average Bonchev–Trinajstić information content (AvgIpc) is 2.52. The normalized spacial score (nSPS) is 11.1. The molecule has 0 saturated carbocycles. The molecule has 0 aromatic heterocycles.